The van der Waals surface area contributed by atoms with Crippen LogP contribution in [0, 0.1) is 0 Å². The summed E-state index contributed by atoms with van der Waals surface area (Å²) in [6.45, 7) is 1.39. The summed E-state index contributed by atoms with van der Waals surface area (Å²) in [5.74, 6) is 1.39. The van der Waals surface area contributed by atoms with Gasteiger partial charge in [-0.05, 0) is 23.6 Å². The predicted molar refractivity (Wildman–Crippen MR) is 89.2 cm³/mol. The van der Waals surface area contributed by atoms with Crippen LogP contribution in [0.25, 0.3) is 5.65 Å². The molecule has 114 valence electrons. The Hall–Kier alpha value is -2.41. The van der Waals surface area contributed by atoms with E-state index in [0.717, 1.165) is 24.3 Å². The molecule has 0 aliphatic rings. The number of pyridine rings is 1. The number of aliphatic imine (C=N–C) groups is 1. The number of rotatable bonds is 6. The van der Waals surface area contributed by atoms with Crippen LogP contribution >= 0.6 is 11.3 Å². The molecule has 0 amide bonds. The summed E-state index contributed by atoms with van der Waals surface area (Å²) >= 11 is 1.74. The van der Waals surface area contributed by atoms with Crippen LogP contribution in [0.3, 0.4) is 0 Å². The number of guanidine groups is 1. The number of fused-ring (bicyclic) bond motifs is 1. The van der Waals surface area contributed by atoms with E-state index in [1.54, 1.807) is 11.3 Å². The number of nitrogens with two attached hydrogens (primary N) is 1. The second kappa shape index (κ2) is 7.04. The zero-order valence-electron chi connectivity index (χ0n) is 12.1. The summed E-state index contributed by atoms with van der Waals surface area (Å²) in [7, 11) is 0. The Morgan fingerprint density at radius 1 is 1.23 bits per heavy atom. The molecule has 0 unspecified atom stereocenters. The van der Waals surface area contributed by atoms with Crippen molar-refractivity contribution in [3.63, 3.8) is 0 Å². The molecule has 3 aromatic rings. The molecule has 3 aromatic heterocycles. The molecule has 0 aliphatic carbocycles. The minimum Gasteiger partial charge on any atom is -0.370 e. The maximum absolute atomic E-state index is 5.86. The molecule has 7 heteroatoms. The van der Waals surface area contributed by atoms with E-state index in [-0.39, 0.29) is 0 Å². The average Bonchev–Trinajstić information content (AvgIpc) is 3.17. The fraction of sp³-hybridized carbons (Fsp3) is 0.267. The third kappa shape index (κ3) is 3.62. The lowest BCUT2D eigenvalue weighted by Crippen LogP contribution is -2.33. The first-order valence-corrected chi connectivity index (χ1v) is 8.06. The third-order valence-corrected chi connectivity index (χ3v) is 4.20. The van der Waals surface area contributed by atoms with E-state index < -0.39 is 0 Å². The van der Waals surface area contributed by atoms with Gasteiger partial charge in [0.15, 0.2) is 11.6 Å². The van der Waals surface area contributed by atoms with Crippen LogP contribution in [0.5, 0.6) is 0 Å². The van der Waals surface area contributed by atoms with Crippen molar-refractivity contribution in [2.45, 2.75) is 12.8 Å². The second-order valence-electron chi connectivity index (χ2n) is 4.82. The summed E-state index contributed by atoms with van der Waals surface area (Å²) in [5.41, 5.74) is 6.72. The van der Waals surface area contributed by atoms with Crippen LogP contribution < -0.4 is 11.1 Å². The first kappa shape index (κ1) is 14.5. The molecule has 3 N–H and O–H groups in total. The molecule has 0 aromatic carbocycles. The largest absolute Gasteiger partial charge is 0.370 e. The molecule has 0 aliphatic heterocycles. The fourth-order valence-electron chi connectivity index (χ4n) is 2.16. The van der Waals surface area contributed by atoms with Crippen molar-refractivity contribution in [1.29, 1.82) is 0 Å². The number of hydrogen-bond acceptors (Lipinski definition) is 4. The van der Waals surface area contributed by atoms with Crippen LogP contribution in [0.15, 0.2) is 46.9 Å². The normalized spacial score (nSPS) is 11.9. The molecule has 0 atom stereocenters. The summed E-state index contributed by atoms with van der Waals surface area (Å²) in [6, 6.07) is 10.0. The van der Waals surface area contributed by atoms with Gasteiger partial charge in [0.05, 0.1) is 0 Å². The van der Waals surface area contributed by atoms with Crippen LogP contribution in [-0.2, 0) is 12.8 Å². The van der Waals surface area contributed by atoms with Crippen molar-refractivity contribution in [3.8, 4) is 0 Å². The Morgan fingerprint density at radius 2 is 2.18 bits per heavy atom. The van der Waals surface area contributed by atoms with Gasteiger partial charge in [-0.1, -0.05) is 12.1 Å². The maximum Gasteiger partial charge on any atom is 0.188 e. The molecule has 0 saturated heterocycles. The van der Waals surface area contributed by atoms with E-state index >= 15 is 0 Å². The maximum atomic E-state index is 5.86. The molecule has 0 radical (unpaired) electrons. The highest BCUT2D eigenvalue weighted by atomic mass is 32.1. The Balaban J connectivity index is 1.46. The van der Waals surface area contributed by atoms with E-state index in [0.29, 0.717) is 19.0 Å². The minimum absolute atomic E-state index is 0.477. The minimum atomic E-state index is 0.477. The van der Waals surface area contributed by atoms with Gasteiger partial charge in [-0.25, -0.2) is 0 Å². The molecule has 0 bridgehead atoms. The highest BCUT2D eigenvalue weighted by molar-refractivity contribution is 7.09. The third-order valence-electron chi connectivity index (χ3n) is 3.26. The molecule has 6 nitrogen and oxygen atoms in total. The van der Waals surface area contributed by atoms with Crippen LogP contribution in [0.1, 0.15) is 10.7 Å². The summed E-state index contributed by atoms with van der Waals surface area (Å²) in [5, 5.41) is 13.5. The van der Waals surface area contributed by atoms with Gasteiger partial charge in [0, 0.05) is 37.0 Å². The summed E-state index contributed by atoms with van der Waals surface area (Å²) in [4.78, 5) is 5.65. The van der Waals surface area contributed by atoms with Gasteiger partial charge in [-0.2, -0.15) is 0 Å². The highest BCUT2D eigenvalue weighted by Gasteiger charge is 2.03. The van der Waals surface area contributed by atoms with Crippen LogP contribution in [0.2, 0.25) is 0 Å². The number of aromatic nitrogens is 3. The quantitative estimate of drug-likeness (QED) is 0.533. The van der Waals surface area contributed by atoms with Crippen molar-refractivity contribution in [1.82, 2.24) is 19.9 Å². The zero-order chi connectivity index (χ0) is 15.2. The van der Waals surface area contributed by atoms with Gasteiger partial charge in [-0.15, -0.1) is 21.5 Å². The lowest BCUT2D eigenvalue weighted by Gasteiger charge is -2.04. The van der Waals surface area contributed by atoms with Crippen molar-refractivity contribution in [2.24, 2.45) is 10.7 Å². The van der Waals surface area contributed by atoms with E-state index in [2.05, 4.69) is 32.0 Å². The van der Waals surface area contributed by atoms with Gasteiger partial charge < -0.3 is 11.1 Å². The SMILES string of the molecule is NC(=NCCc1cccs1)NCCc1nnc2ccccn12. The molecular formula is C15H18N6S. The smallest absolute Gasteiger partial charge is 0.188 e. The molecule has 3 heterocycles. The first-order valence-electron chi connectivity index (χ1n) is 7.18. The fourth-order valence-corrected chi connectivity index (χ4v) is 2.86. The Morgan fingerprint density at radius 3 is 3.05 bits per heavy atom. The van der Waals surface area contributed by atoms with E-state index in [9.17, 15) is 0 Å². The molecule has 22 heavy (non-hydrogen) atoms. The Labute approximate surface area is 132 Å². The Bertz CT molecular complexity index is 746. The van der Waals surface area contributed by atoms with E-state index in [1.165, 1.54) is 4.88 Å². The monoisotopic (exact) mass is 314 g/mol. The van der Waals surface area contributed by atoms with Crippen molar-refractivity contribution in [3.05, 3.63) is 52.6 Å². The summed E-state index contributed by atoms with van der Waals surface area (Å²) in [6.07, 6.45) is 3.63. The zero-order valence-corrected chi connectivity index (χ0v) is 13.0. The lowest BCUT2D eigenvalue weighted by atomic mass is 10.3. The molecule has 0 fully saturated rings. The molecule has 3 rings (SSSR count). The topological polar surface area (TPSA) is 80.6 Å². The average molecular weight is 314 g/mol. The van der Waals surface area contributed by atoms with Crippen molar-refractivity contribution < 1.29 is 0 Å². The number of thiophene rings is 1. The van der Waals surface area contributed by atoms with Crippen molar-refractivity contribution in [2.75, 3.05) is 13.1 Å². The highest BCUT2D eigenvalue weighted by Crippen LogP contribution is 2.08. The molecule has 0 saturated carbocycles. The van der Waals surface area contributed by atoms with Gasteiger partial charge in [0.25, 0.3) is 0 Å². The number of nitrogens with one attached hydrogen (secondary N) is 1. The standard InChI is InChI=1S/C15H18N6S/c16-15(17-8-6-12-4-3-11-22-12)18-9-7-14-20-19-13-5-1-2-10-21(13)14/h1-5,10-11H,6-9H2,(H3,16,17,18). The van der Waals surface area contributed by atoms with Gasteiger partial charge >= 0.3 is 0 Å². The number of nitrogens with zero attached hydrogens (tertiary/aromatic N) is 4. The van der Waals surface area contributed by atoms with Crippen LogP contribution in [-0.4, -0.2) is 33.6 Å². The van der Waals surface area contributed by atoms with Gasteiger partial charge in [0.1, 0.15) is 5.82 Å². The predicted octanol–water partition coefficient (Wildman–Crippen LogP) is 1.48. The molecule has 0 spiro atoms. The first-order chi connectivity index (χ1) is 10.8. The lowest BCUT2D eigenvalue weighted by molar-refractivity contribution is 0.787. The van der Waals surface area contributed by atoms with E-state index in [4.69, 9.17) is 5.73 Å². The van der Waals surface area contributed by atoms with E-state index in [1.807, 2.05) is 34.9 Å². The summed E-state index contributed by atoms with van der Waals surface area (Å²) < 4.78 is 1.98. The molecular weight excluding hydrogens is 296 g/mol. The van der Waals surface area contributed by atoms with Gasteiger partial charge in [-0.3, -0.25) is 9.39 Å². The Kier molecular flexibility index (Phi) is 4.65. The number of hydrogen-bond donors (Lipinski definition) is 2. The second-order valence-corrected chi connectivity index (χ2v) is 5.85. The van der Waals surface area contributed by atoms with Crippen molar-refractivity contribution >= 4 is 22.9 Å². The van der Waals surface area contributed by atoms with Crippen LogP contribution in [0.4, 0.5) is 0 Å². The van der Waals surface area contributed by atoms with Gasteiger partial charge in [0.2, 0.25) is 0 Å².